The van der Waals surface area contributed by atoms with E-state index in [1.165, 1.54) is 0 Å². The van der Waals surface area contributed by atoms with E-state index < -0.39 is 0 Å². The van der Waals surface area contributed by atoms with Gasteiger partial charge in [-0.05, 0) is 68.3 Å². The number of nitrogens with zero attached hydrogens (tertiary/aromatic N) is 2. The first-order valence-electron chi connectivity index (χ1n) is 8.48. The molecule has 0 unspecified atom stereocenters. The maximum atomic E-state index is 12.2. The molecule has 6 nitrogen and oxygen atoms in total. The first-order chi connectivity index (χ1) is 12.6. The van der Waals surface area contributed by atoms with Crippen molar-refractivity contribution < 1.29 is 14.1 Å². The first kappa shape index (κ1) is 17.7. The highest BCUT2D eigenvalue weighted by molar-refractivity contribution is 5.94. The van der Waals surface area contributed by atoms with Gasteiger partial charge in [-0.2, -0.15) is 4.98 Å². The van der Waals surface area contributed by atoms with Gasteiger partial charge in [-0.15, -0.1) is 0 Å². The standard InChI is InChI=1S/C20H21N3O3/c1-4-25-17-9-7-15(8-10-17)19-22-18(26-23-19)12-21-20(24)16-6-5-13(2)14(3)11-16/h5-11H,4,12H2,1-3H3,(H,21,24). The van der Waals surface area contributed by atoms with Gasteiger partial charge in [0.15, 0.2) is 0 Å². The van der Waals surface area contributed by atoms with Gasteiger partial charge in [-0.25, -0.2) is 0 Å². The lowest BCUT2D eigenvalue weighted by atomic mass is 10.1. The number of aryl methyl sites for hydroxylation is 2. The molecule has 0 aliphatic rings. The smallest absolute Gasteiger partial charge is 0.251 e. The van der Waals surface area contributed by atoms with Crippen LogP contribution in [0.25, 0.3) is 11.4 Å². The number of hydrogen-bond acceptors (Lipinski definition) is 5. The summed E-state index contributed by atoms with van der Waals surface area (Å²) >= 11 is 0. The minimum Gasteiger partial charge on any atom is -0.494 e. The fourth-order valence-electron chi connectivity index (χ4n) is 2.45. The Morgan fingerprint density at radius 2 is 1.88 bits per heavy atom. The van der Waals surface area contributed by atoms with Gasteiger partial charge in [0.05, 0.1) is 13.2 Å². The molecule has 3 aromatic rings. The second-order valence-electron chi connectivity index (χ2n) is 5.95. The van der Waals surface area contributed by atoms with Crippen LogP contribution in [0, 0.1) is 13.8 Å². The Balaban J connectivity index is 1.63. The van der Waals surface area contributed by atoms with Crippen molar-refractivity contribution in [3.8, 4) is 17.1 Å². The number of benzene rings is 2. The number of aromatic nitrogens is 2. The molecule has 2 aromatic carbocycles. The molecule has 0 bridgehead atoms. The average Bonchev–Trinajstić information content (AvgIpc) is 3.12. The average molecular weight is 351 g/mol. The van der Waals surface area contributed by atoms with Crippen molar-refractivity contribution in [1.82, 2.24) is 15.5 Å². The molecule has 0 aliphatic heterocycles. The molecule has 3 rings (SSSR count). The van der Waals surface area contributed by atoms with Crippen molar-refractivity contribution in [3.63, 3.8) is 0 Å². The molecule has 0 saturated heterocycles. The third-order valence-electron chi connectivity index (χ3n) is 4.06. The van der Waals surface area contributed by atoms with E-state index in [1.807, 2.05) is 57.2 Å². The summed E-state index contributed by atoms with van der Waals surface area (Å²) in [6.45, 7) is 6.72. The van der Waals surface area contributed by atoms with Gasteiger partial charge in [-0.3, -0.25) is 4.79 Å². The molecule has 134 valence electrons. The third-order valence-corrected chi connectivity index (χ3v) is 4.06. The first-order valence-corrected chi connectivity index (χ1v) is 8.48. The minimum atomic E-state index is -0.172. The maximum Gasteiger partial charge on any atom is 0.251 e. The summed E-state index contributed by atoms with van der Waals surface area (Å²) in [7, 11) is 0. The van der Waals surface area contributed by atoms with Gasteiger partial charge < -0.3 is 14.6 Å². The van der Waals surface area contributed by atoms with E-state index in [2.05, 4.69) is 15.5 Å². The van der Waals surface area contributed by atoms with Crippen LogP contribution < -0.4 is 10.1 Å². The molecule has 26 heavy (non-hydrogen) atoms. The van der Waals surface area contributed by atoms with E-state index in [-0.39, 0.29) is 12.5 Å². The predicted molar refractivity (Wildman–Crippen MR) is 98.0 cm³/mol. The number of hydrogen-bond donors (Lipinski definition) is 1. The van der Waals surface area contributed by atoms with Gasteiger partial charge in [0.1, 0.15) is 5.75 Å². The van der Waals surface area contributed by atoms with Crippen LogP contribution in [0.3, 0.4) is 0 Å². The molecule has 0 spiro atoms. The normalized spacial score (nSPS) is 10.6. The number of nitrogens with one attached hydrogen (secondary N) is 1. The second-order valence-corrected chi connectivity index (χ2v) is 5.95. The maximum absolute atomic E-state index is 12.2. The molecule has 0 radical (unpaired) electrons. The number of carbonyl (C=O) groups excluding carboxylic acids is 1. The Labute approximate surface area is 152 Å². The van der Waals surface area contributed by atoms with Crippen molar-refractivity contribution >= 4 is 5.91 Å². The van der Waals surface area contributed by atoms with E-state index in [0.29, 0.717) is 23.9 Å². The summed E-state index contributed by atoms with van der Waals surface area (Å²) in [5.41, 5.74) is 3.66. The lowest BCUT2D eigenvalue weighted by Gasteiger charge is -2.05. The van der Waals surface area contributed by atoms with E-state index in [9.17, 15) is 4.79 Å². The van der Waals surface area contributed by atoms with Crippen LogP contribution in [0.4, 0.5) is 0 Å². The van der Waals surface area contributed by atoms with Gasteiger partial charge in [0, 0.05) is 11.1 Å². The molecule has 1 heterocycles. The highest BCUT2D eigenvalue weighted by Gasteiger charge is 2.11. The Morgan fingerprint density at radius 3 is 2.58 bits per heavy atom. The molecule has 1 amide bonds. The van der Waals surface area contributed by atoms with Crippen LogP contribution in [-0.2, 0) is 6.54 Å². The summed E-state index contributed by atoms with van der Waals surface area (Å²) in [4.78, 5) is 16.6. The van der Waals surface area contributed by atoms with E-state index in [0.717, 1.165) is 22.4 Å². The number of rotatable bonds is 6. The number of carbonyl (C=O) groups is 1. The molecule has 1 aromatic heterocycles. The van der Waals surface area contributed by atoms with Gasteiger partial charge in [-0.1, -0.05) is 11.2 Å². The Hall–Kier alpha value is -3.15. The van der Waals surface area contributed by atoms with Crippen molar-refractivity contribution in [3.05, 3.63) is 65.0 Å². The van der Waals surface area contributed by atoms with Crippen LogP contribution in [0.2, 0.25) is 0 Å². The molecule has 0 fully saturated rings. The lowest BCUT2D eigenvalue weighted by Crippen LogP contribution is -2.23. The highest BCUT2D eigenvalue weighted by atomic mass is 16.5. The molecule has 6 heteroatoms. The Bertz CT molecular complexity index is 901. The zero-order valence-corrected chi connectivity index (χ0v) is 15.1. The quantitative estimate of drug-likeness (QED) is 0.733. The second kappa shape index (κ2) is 7.82. The lowest BCUT2D eigenvalue weighted by molar-refractivity contribution is 0.0946. The van der Waals surface area contributed by atoms with Gasteiger partial charge in [0.2, 0.25) is 11.7 Å². The molecule has 0 saturated carbocycles. The summed E-state index contributed by atoms with van der Waals surface area (Å²) < 4.78 is 10.6. The number of amides is 1. The van der Waals surface area contributed by atoms with Crippen molar-refractivity contribution in [1.29, 1.82) is 0 Å². The van der Waals surface area contributed by atoms with Crippen LogP contribution >= 0.6 is 0 Å². The van der Waals surface area contributed by atoms with Crippen molar-refractivity contribution in [2.24, 2.45) is 0 Å². The largest absolute Gasteiger partial charge is 0.494 e. The molecule has 1 N–H and O–H groups in total. The van der Waals surface area contributed by atoms with Crippen molar-refractivity contribution in [2.45, 2.75) is 27.3 Å². The topological polar surface area (TPSA) is 77.3 Å². The molecular weight excluding hydrogens is 330 g/mol. The van der Waals surface area contributed by atoms with Crippen LogP contribution in [-0.4, -0.2) is 22.7 Å². The van der Waals surface area contributed by atoms with Crippen LogP contribution in [0.15, 0.2) is 47.0 Å². The molecular formula is C20H21N3O3. The predicted octanol–water partition coefficient (Wildman–Crippen LogP) is 3.68. The fraction of sp³-hybridized carbons (Fsp3) is 0.250. The summed E-state index contributed by atoms with van der Waals surface area (Å²) in [6, 6.07) is 13.1. The zero-order valence-electron chi connectivity index (χ0n) is 15.1. The van der Waals surface area contributed by atoms with E-state index >= 15 is 0 Å². The van der Waals surface area contributed by atoms with E-state index in [1.54, 1.807) is 6.07 Å². The fourth-order valence-corrected chi connectivity index (χ4v) is 2.45. The van der Waals surface area contributed by atoms with Gasteiger partial charge in [0.25, 0.3) is 5.91 Å². The Morgan fingerprint density at radius 1 is 1.12 bits per heavy atom. The zero-order chi connectivity index (χ0) is 18.5. The molecule has 0 aliphatic carbocycles. The summed E-state index contributed by atoms with van der Waals surface area (Å²) in [5.74, 6) is 1.45. The SMILES string of the molecule is CCOc1ccc(-c2noc(CNC(=O)c3ccc(C)c(C)c3)n2)cc1. The highest BCUT2D eigenvalue weighted by Crippen LogP contribution is 2.20. The Kier molecular flexibility index (Phi) is 5.31. The van der Waals surface area contributed by atoms with Crippen LogP contribution in [0.1, 0.15) is 34.3 Å². The van der Waals surface area contributed by atoms with Gasteiger partial charge >= 0.3 is 0 Å². The third kappa shape index (κ3) is 4.08. The van der Waals surface area contributed by atoms with Crippen molar-refractivity contribution in [2.75, 3.05) is 6.61 Å². The monoisotopic (exact) mass is 351 g/mol. The summed E-state index contributed by atoms with van der Waals surface area (Å²) in [5, 5.41) is 6.76. The number of ether oxygens (including phenoxy) is 1. The summed E-state index contributed by atoms with van der Waals surface area (Å²) in [6.07, 6.45) is 0. The minimum absolute atomic E-state index is 0.172. The van der Waals surface area contributed by atoms with E-state index in [4.69, 9.17) is 9.26 Å². The molecule has 0 atom stereocenters. The van der Waals surface area contributed by atoms with Crippen LogP contribution in [0.5, 0.6) is 5.75 Å².